The van der Waals surface area contributed by atoms with Crippen molar-refractivity contribution >= 4 is 12.0 Å². The number of carbonyl (C=O) groups is 2. The largest absolute Gasteiger partial charge is 0.494 e. The third kappa shape index (κ3) is 5.59. The van der Waals surface area contributed by atoms with E-state index in [4.69, 9.17) is 9.84 Å². The van der Waals surface area contributed by atoms with E-state index in [1.54, 1.807) is 12.1 Å². The Morgan fingerprint density at radius 1 is 1.38 bits per heavy atom. The molecule has 2 rings (SSSR count). The lowest BCUT2D eigenvalue weighted by molar-refractivity contribution is -0.139. The molecule has 0 unspecified atom stereocenters. The van der Waals surface area contributed by atoms with Gasteiger partial charge in [0.1, 0.15) is 0 Å². The number of halogens is 1. The van der Waals surface area contributed by atoms with Crippen LogP contribution in [0.1, 0.15) is 25.3 Å². The van der Waals surface area contributed by atoms with Gasteiger partial charge < -0.3 is 20.5 Å². The number of ether oxygens (including phenoxy) is 1. The number of nitrogens with zero attached hydrogens (tertiary/aromatic N) is 1. The van der Waals surface area contributed by atoms with Gasteiger partial charge in [-0.1, -0.05) is 13.0 Å². The highest BCUT2D eigenvalue weighted by atomic mass is 19.1. The molecule has 1 aliphatic rings. The number of carbonyl (C=O) groups excluding carboxylic acids is 1. The van der Waals surface area contributed by atoms with E-state index in [1.165, 1.54) is 13.2 Å². The molecular weight excluding hydrogens is 341 g/mol. The van der Waals surface area contributed by atoms with Crippen LogP contribution in [0.25, 0.3) is 0 Å². The lowest BCUT2D eigenvalue weighted by atomic mass is 9.85. The normalized spacial score (nSPS) is 18.9. The molecule has 1 aromatic carbocycles. The van der Waals surface area contributed by atoms with Crippen LogP contribution in [0.4, 0.5) is 9.18 Å². The van der Waals surface area contributed by atoms with Crippen LogP contribution in [0, 0.1) is 5.82 Å². The van der Waals surface area contributed by atoms with E-state index in [9.17, 15) is 14.0 Å². The van der Waals surface area contributed by atoms with Gasteiger partial charge in [-0.3, -0.25) is 9.69 Å². The molecule has 144 valence electrons. The van der Waals surface area contributed by atoms with Gasteiger partial charge in [0.15, 0.2) is 11.6 Å². The Bertz CT molecular complexity index is 635. The number of carboxylic acids is 1. The summed E-state index contributed by atoms with van der Waals surface area (Å²) in [4.78, 5) is 24.6. The molecule has 1 aromatic rings. The van der Waals surface area contributed by atoms with E-state index in [1.807, 2.05) is 11.8 Å². The number of hydrogen-bond donors (Lipinski definition) is 3. The third-order valence-corrected chi connectivity index (χ3v) is 4.62. The molecule has 0 spiro atoms. The molecule has 2 amide bonds. The summed E-state index contributed by atoms with van der Waals surface area (Å²) in [6.45, 7) is 3.03. The van der Waals surface area contributed by atoms with Crippen LogP contribution < -0.4 is 15.4 Å². The first-order valence-corrected chi connectivity index (χ1v) is 8.75. The quantitative estimate of drug-likeness (QED) is 0.617. The fraction of sp³-hybridized carbons (Fsp3) is 0.556. The fourth-order valence-corrected chi connectivity index (χ4v) is 3.10. The second-order valence-electron chi connectivity index (χ2n) is 6.40. The molecule has 1 saturated carbocycles. The molecule has 0 saturated heterocycles. The standard InChI is InChI=1S/C18H26FN3O4/c1-3-22(11-17(23)24)14-9-13(10-14)21-18(25)20-7-6-12-4-5-16(26-2)15(19)8-12/h4-5,8,13-14H,3,6-7,9-11H2,1-2H3,(H,23,24)(H2,20,21,25). The number of amides is 2. The molecule has 3 N–H and O–H groups in total. The zero-order valence-electron chi connectivity index (χ0n) is 15.1. The van der Waals surface area contributed by atoms with Crippen molar-refractivity contribution in [2.24, 2.45) is 0 Å². The van der Waals surface area contributed by atoms with Gasteiger partial charge in [-0.15, -0.1) is 0 Å². The number of aliphatic carboxylic acids is 1. The Morgan fingerprint density at radius 3 is 2.69 bits per heavy atom. The lowest BCUT2D eigenvalue weighted by Crippen LogP contribution is -2.56. The van der Waals surface area contributed by atoms with Crippen LogP contribution in [0.15, 0.2) is 18.2 Å². The van der Waals surface area contributed by atoms with Gasteiger partial charge in [-0.05, 0) is 43.5 Å². The van der Waals surface area contributed by atoms with Gasteiger partial charge in [0.05, 0.1) is 13.7 Å². The van der Waals surface area contributed by atoms with E-state index in [0.29, 0.717) is 19.5 Å². The van der Waals surface area contributed by atoms with Gasteiger partial charge in [0.2, 0.25) is 0 Å². The van der Waals surface area contributed by atoms with Crippen molar-refractivity contribution in [2.45, 2.75) is 38.3 Å². The van der Waals surface area contributed by atoms with E-state index < -0.39 is 11.8 Å². The Kier molecular flexibility index (Phi) is 7.20. The summed E-state index contributed by atoms with van der Waals surface area (Å²) < 4.78 is 18.5. The predicted octanol–water partition coefficient (Wildman–Crippen LogP) is 1.61. The molecular formula is C18H26FN3O4. The Labute approximate surface area is 152 Å². The lowest BCUT2D eigenvalue weighted by Gasteiger charge is -2.42. The SMILES string of the molecule is CCN(CC(=O)O)C1CC(NC(=O)NCCc2ccc(OC)c(F)c2)C1. The zero-order valence-corrected chi connectivity index (χ0v) is 15.1. The minimum absolute atomic E-state index is 0.0263. The molecule has 0 aliphatic heterocycles. The minimum atomic E-state index is -0.837. The summed E-state index contributed by atoms with van der Waals surface area (Å²) in [5.74, 6) is -1.06. The summed E-state index contributed by atoms with van der Waals surface area (Å²) in [6.07, 6.45) is 2.01. The van der Waals surface area contributed by atoms with Gasteiger partial charge in [0, 0.05) is 18.6 Å². The number of carboxylic acid groups (broad SMARTS) is 1. The van der Waals surface area contributed by atoms with E-state index in [-0.39, 0.29) is 30.4 Å². The number of urea groups is 1. The monoisotopic (exact) mass is 367 g/mol. The number of rotatable bonds is 9. The number of methoxy groups -OCH3 is 1. The summed E-state index contributed by atoms with van der Waals surface area (Å²) >= 11 is 0. The maximum Gasteiger partial charge on any atom is 0.317 e. The molecule has 0 aromatic heterocycles. The van der Waals surface area contributed by atoms with Gasteiger partial charge >= 0.3 is 12.0 Å². The fourth-order valence-electron chi connectivity index (χ4n) is 3.10. The van der Waals surface area contributed by atoms with E-state index >= 15 is 0 Å². The second-order valence-corrected chi connectivity index (χ2v) is 6.40. The topological polar surface area (TPSA) is 90.9 Å². The van der Waals surface area contributed by atoms with Gasteiger partial charge in [-0.25, -0.2) is 9.18 Å². The van der Waals surface area contributed by atoms with Crippen molar-refractivity contribution in [3.8, 4) is 5.75 Å². The van der Waals surface area contributed by atoms with E-state index in [2.05, 4.69) is 10.6 Å². The van der Waals surface area contributed by atoms with Gasteiger partial charge in [0.25, 0.3) is 0 Å². The second kappa shape index (κ2) is 9.38. The number of likely N-dealkylation sites (N-methyl/N-ethyl adjacent to an activating group) is 1. The number of hydrogen-bond acceptors (Lipinski definition) is 4. The smallest absolute Gasteiger partial charge is 0.317 e. The van der Waals surface area contributed by atoms with E-state index in [0.717, 1.165) is 18.4 Å². The van der Waals surface area contributed by atoms with Crippen LogP contribution in [0.2, 0.25) is 0 Å². The van der Waals surface area contributed by atoms with Gasteiger partial charge in [-0.2, -0.15) is 0 Å². The first kappa shape index (κ1) is 20.0. The molecule has 7 nitrogen and oxygen atoms in total. The molecule has 1 aliphatic carbocycles. The number of benzene rings is 1. The molecule has 1 fully saturated rings. The zero-order chi connectivity index (χ0) is 19.1. The molecule has 8 heteroatoms. The third-order valence-electron chi connectivity index (χ3n) is 4.62. The van der Waals surface area contributed by atoms with Crippen molar-refractivity contribution in [3.05, 3.63) is 29.6 Å². The van der Waals surface area contributed by atoms with Crippen LogP contribution in [0.5, 0.6) is 5.75 Å². The predicted molar refractivity (Wildman–Crippen MR) is 94.9 cm³/mol. The Balaban J connectivity index is 1.66. The minimum Gasteiger partial charge on any atom is -0.494 e. The average Bonchev–Trinajstić information content (AvgIpc) is 2.56. The Morgan fingerprint density at radius 2 is 2.12 bits per heavy atom. The molecule has 0 bridgehead atoms. The number of nitrogens with one attached hydrogen (secondary N) is 2. The van der Waals surface area contributed by atoms with Crippen molar-refractivity contribution in [1.82, 2.24) is 15.5 Å². The van der Waals surface area contributed by atoms with Crippen LogP contribution in [-0.2, 0) is 11.2 Å². The molecule has 0 atom stereocenters. The summed E-state index contributed by atoms with van der Waals surface area (Å²) in [6, 6.07) is 4.72. The highest BCUT2D eigenvalue weighted by molar-refractivity contribution is 5.74. The molecule has 26 heavy (non-hydrogen) atoms. The Hall–Kier alpha value is -2.35. The van der Waals surface area contributed by atoms with Crippen LogP contribution in [-0.4, -0.2) is 60.8 Å². The average molecular weight is 367 g/mol. The van der Waals surface area contributed by atoms with Crippen LogP contribution >= 0.6 is 0 Å². The first-order chi connectivity index (χ1) is 12.4. The summed E-state index contributed by atoms with van der Waals surface area (Å²) in [5, 5.41) is 14.5. The highest BCUT2D eigenvalue weighted by Gasteiger charge is 2.34. The molecule has 0 radical (unpaired) electrons. The maximum absolute atomic E-state index is 13.6. The maximum atomic E-state index is 13.6. The summed E-state index contributed by atoms with van der Waals surface area (Å²) in [5.41, 5.74) is 0.777. The van der Waals surface area contributed by atoms with Crippen molar-refractivity contribution in [3.63, 3.8) is 0 Å². The van der Waals surface area contributed by atoms with Crippen LogP contribution in [0.3, 0.4) is 0 Å². The summed E-state index contributed by atoms with van der Waals surface area (Å²) in [7, 11) is 1.41. The first-order valence-electron chi connectivity index (χ1n) is 8.75. The highest BCUT2D eigenvalue weighted by Crippen LogP contribution is 2.25. The molecule has 0 heterocycles. The van der Waals surface area contributed by atoms with Crippen molar-refractivity contribution in [1.29, 1.82) is 0 Å². The van der Waals surface area contributed by atoms with Crippen molar-refractivity contribution < 1.29 is 23.8 Å². The van der Waals surface area contributed by atoms with Crippen molar-refractivity contribution in [2.75, 3.05) is 26.7 Å².